The van der Waals surface area contributed by atoms with Crippen LogP contribution in [0, 0.1) is 5.41 Å². The lowest BCUT2D eigenvalue weighted by Gasteiger charge is -2.33. The van der Waals surface area contributed by atoms with Crippen LogP contribution in [-0.4, -0.2) is 31.7 Å². The van der Waals surface area contributed by atoms with Crippen molar-refractivity contribution in [3.8, 4) is 0 Å². The normalized spacial score (nSPS) is 28.7. The fourth-order valence-corrected chi connectivity index (χ4v) is 3.54. The summed E-state index contributed by atoms with van der Waals surface area (Å²) in [6.45, 7) is 0.683. The number of carbonyl (C=O) groups is 1. The molecule has 2 fully saturated rings. The monoisotopic (exact) mass is 304 g/mol. The number of hydrogen-bond acceptors (Lipinski definition) is 3. The highest BCUT2D eigenvalue weighted by atomic mass is 35.5. The summed E-state index contributed by atoms with van der Waals surface area (Å²) in [7, 11) is 1.71. The largest absolute Gasteiger partial charge is 0.385 e. The molecule has 0 aliphatic heterocycles. The van der Waals surface area contributed by atoms with Gasteiger partial charge in [0.1, 0.15) is 0 Å². The van der Waals surface area contributed by atoms with E-state index in [9.17, 15) is 4.79 Å². The Balaban J connectivity index is 0.00000200. The van der Waals surface area contributed by atoms with Crippen molar-refractivity contribution in [1.29, 1.82) is 0 Å². The van der Waals surface area contributed by atoms with Crippen molar-refractivity contribution in [1.82, 2.24) is 5.32 Å². The minimum absolute atomic E-state index is 0. The molecule has 2 saturated carbocycles. The molecule has 0 bridgehead atoms. The summed E-state index contributed by atoms with van der Waals surface area (Å²) in [5.41, 5.74) is 5.76. The first-order valence-electron chi connectivity index (χ1n) is 7.72. The standard InChI is InChI=1S/C15H28N2O2.ClH/c1-19-11-10-15(8-2-3-9-15)14(18)17-13-6-4-12(16)5-7-13;/h12-13H,2-11,16H2,1H3,(H,17,18);1H. The Labute approximate surface area is 128 Å². The number of rotatable bonds is 5. The minimum atomic E-state index is -0.157. The molecule has 2 aliphatic carbocycles. The molecule has 0 unspecified atom stereocenters. The molecular formula is C15H29ClN2O2. The minimum Gasteiger partial charge on any atom is -0.385 e. The SMILES string of the molecule is COCCC1(C(=O)NC2CCC(N)CC2)CCCC1.Cl. The van der Waals surface area contributed by atoms with Gasteiger partial charge in [0.25, 0.3) is 0 Å². The van der Waals surface area contributed by atoms with Gasteiger partial charge in [-0.25, -0.2) is 0 Å². The summed E-state index contributed by atoms with van der Waals surface area (Å²) in [6, 6.07) is 0.675. The summed E-state index contributed by atoms with van der Waals surface area (Å²) < 4.78 is 5.19. The fraction of sp³-hybridized carbons (Fsp3) is 0.933. The molecule has 4 nitrogen and oxygen atoms in total. The van der Waals surface area contributed by atoms with E-state index in [1.165, 1.54) is 12.8 Å². The van der Waals surface area contributed by atoms with E-state index in [4.69, 9.17) is 10.5 Å². The molecule has 0 aromatic rings. The Bertz CT molecular complexity index is 298. The number of amides is 1. The summed E-state index contributed by atoms with van der Waals surface area (Å²) in [6.07, 6.45) is 9.40. The molecule has 5 heteroatoms. The molecule has 118 valence electrons. The van der Waals surface area contributed by atoms with E-state index in [2.05, 4.69) is 5.32 Å². The average molecular weight is 305 g/mol. The molecule has 20 heavy (non-hydrogen) atoms. The van der Waals surface area contributed by atoms with Crippen molar-refractivity contribution in [2.75, 3.05) is 13.7 Å². The number of nitrogens with one attached hydrogen (secondary N) is 1. The lowest BCUT2D eigenvalue weighted by molar-refractivity contribution is -0.132. The van der Waals surface area contributed by atoms with Crippen molar-refractivity contribution in [2.45, 2.75) is 69.9 Å². The number of carbonyl (C=O) groups excluding carboxylic acids is 1. The first kappa shape index (κ1) is 17.7. The maximum absolute atomic E-state index is 12.6. The van der Waals surface area contributed by atoms with E-state index >= 15 is 0 Å². The Morgan fingerprint density at radius 2 is 1.85 bits per heavy atom. The summed E-state index contributed by atoms with van der Waals surface area (Å²) >= 11 is 0. The third kappa shape index (κ3) is 4.34. The zero-order chi connectivity index (χ0) is 13.7. The van der Waals surface area contributed by atoms with E-state index in [1.807, 2.05) is 0 Å². The summed E-state index contributed by atoms with van der Waals surface area (Å²) in [5.74, 6) is 0.266. The van der Waals surface area contributed by atoms with E-state index in [-0.39, 0.29) is 23.7 Å². The predicted octanol–water partition coefficient (Wildman–Crippen LogP) is 2.39. The lowest BCUT2D eigenvalue weighted by Crippen LogP contribution is -2.47. The van der Waals surface area contributed by atoms with Crippen LogP contribution in [0.2, 0.25) is 0 Å². The average Bonchev–Trinajstić information content (AvgIpc) is 2.89. The van der Waals surface area contributed by atoms with Crippen molar-refractivity contribution < 1.29 is 9.53 Å². The number of ether oxygens (including phenoxy) is 1. The molecule has 1 amide bonds. The number of hydrogen-bond donors (Lipinski definition) is 2. The van der Waals surface area contributed by atoms with Crippen molar-refractivity contribution in [3.63, 3.8) is 0 Å². The van der Waals surface area contributed by atoms with E-state index < -0.39 is 0 Å². The third-order valence-electron chi connectivity index (χ3n) is 4.93. The van der Waals surface area contributed by atoms with Gasteiger partial charge in [0.15, 0.2) is 0 Å². The molecule has 0 saturated heterocycles. The van der Waals surface area contributed by atoms with E-state index in [1.54, 1.807) is 7.11 Å². The van der Waals surface area contributed by atoms with Crippen molar-refractivity contribution >= 4 is 18.3 Å². The van der Waals surface area contributed by atoms with Crippen molar-refractivity contribution in [2.24, 2.45) is 11.1 Å². The molecule has 0 spiro atoms. The number of halogens is 1. The van der Waals surface area contributed by atoms with Gasteiger partial charge in [0.2, 0.25) is 5.91 Å². The zero-order valence-corrected chi connectivity index (χ0v) is 13.3. The Morgan fingerprint density at radius 3 is 2.40 bits per heavy atom. The highest BCUT2D eigenvalue weighted by molar-refractivity contribution is 5.85. The van der Waals surface area contributed by atoms with Crippen LogP contribution < -0.4 is 11.1 Å². The number of methoxy groups -OCH3 is 1. The van der Waals surface area contributed by atoms with Crippen LogP contribution in [-0.2, 0) is 9.53 Å². The lowest BCUT2D eigenvalue weighted by atomic mass is 9.81. The van der Waals surface area contributed by atoms with Crippen LogP contribution in [0.15, 0.2) is 0 Å². The van der Waals surface area contributed by atoms with Gasteiger partial charge in [-0.05, 0) is 44.9 Å². The smallest absolute Gasteiger partial charge is 0.226 e. The molecule has 0 atom stereocenters. The maximum Gasteiger partial charge on any atom is 0.226 e. The summed E-state index contributed by atoms with van der Waals surface area (Å²) in [4.78, 5) is 12.6. The second-order valence-electron chi connectivity index (χ2n) is 6.32. The highest BCUT2D eigenvalue weighted by Crippen LogP contribution is 2.41. The Kier molecular flexibility index (Phi) is 7.27. The van der Waals surface area contributed by atoms with Gasteiger partial charge in [-0.3, -0.25) is 4.79 Å². The molecule has 0 heterocycles. The van der Waals surface area contributed by atoms with E-state index in [0.29, 0.717) is 18.7 Å². The van der Waals surface area contributed by atoms with Crippen LogP contribution in [0.1, 0.15) is 57.8 Å². The molecular weight excluding hydrogens is 276 g/mol. The quantitative estimate of drug-likeness (QED) is 0.819. The third-order valence-corrected chi connectivity index (χ3v) is 4.93. The Hall–Kier alpha value is -0.320. The maximum atomic E-state index is 12.6. The molecule has 3 N–H and O–H groups in total. The van der Waals surface area contributed by atoms with Gasteiger partial charge in [0.05, 0.1) is 5.41 Å². The second-order valence-corrected chi connectivity index (χ2v) is 6.32. The van der Waals surface area contributed by atoms with Crippen LogP contribution in [0.5, 0.6) is 0 Å². The molecule has 0 aromatic heterocycles. The first-order valence-corrected chi connectivity index (χ1v) is 7.72. The van der Waals surface area contributed by atoms with Gasteiger partial charge in [-0.1, -0.05) is 12.8 Å². The molecule has 0 aromatic carbocycles. The van der Waals surface area contributed by atoms with Crippen LogP contribution in [0.25, 0.3) is 0 Å². The molecule has 2 rings (SSSR count). The molecule has 2 aliphatic rings. The first-order chi connectivity index (χ1) is 9.16. The topological polar surface area (TPSA) is 64.3 Å². The van der Waals surface area contributed by atoms with Gasteiger partial charge >= 0.3 is 0 Å². The van der Waals surface area contributed by atoms with Gasteiger partial charge in [-0.15, -0.1) is 12.4 Å². The van der Waals surface area contributed by atoms with Crippen LogP contribution >= 0.6 is 12.4 Å². The fourth-order valence-electron chi connectivity index (χ4n) is 3.54. The van der Waals surface area contributed by atoms with Gasteiger partial charge in [0, 0.05) is 25.8 Å². The van der Waals surface area contributed by atoms with Crippen LogP contribution in [0.4, 0.5) is 0 Å². The van der Waals surface area contributed by atoms with Crippen molar-refractivity contribution in [3.05, 3.63) is 0 Å². The van der Waals surface area contributed by atoms with Crippen LogP contribution in [0.3, 0.4) is 0 Å². The summed E-state index contributed by atoms with van der Waals surface area (Å²) in [5, 5.41) is 3.28. The Morgan fingerprint density at radius 1 is 1.25 bits per heavy atom. The van der Waals surface area contributed by atoms with Gasteiger partial charge < -0.3 is 15.8 Å². The highest BCUT2D eigenvalue weighted by Gasteiger charge is 2.41. The molecule has 0 radical (unpaired) electrons. The number of nitrogens with two attached hydrogens (primary N) is 1. The van der Waals surface area contributed by atoms with E-state index in [0.717, 1.165) is 44.9 Å². The predicted molar refractivity (Wildman–Crippen MR) is 83.0 cm³/mol. The second kappa shape index (κ2) is 8.20. The van der Waals surface area contributed by atoms with Gasteiger partial charge in [-0.2, -0.15) is 0 Å². The zero-order valence-electron chi connectivity index (χ0n) is 12.5.